The lowest BCUT2D eigenvalue weighted by molar-refractivity contribution is 0.354. The van der Waals surface area contributed by atoms with Crippen LogP contribution in [0.1, 0.15) is 32.8 Å². The summed E-state index contributed by atoms with van der Waals surface area (Å²) in [5, 5.41) is 0. The third kappa shape index (κ3) is 2.47. The van der Waals surface area contributed by atoms with Gasteiger partial charge in [0.2, 0.25) is 5.95 Å². The van der Waals surface area contributed by atoms with Crippen LogP contribution in [0.4, 0.5) is 10.3 Å². The molecule has 0 fully saturated rings. The Hall–Kier alpha value is -1.58. The number of imidazole rings is 1. The molecule has 0 unspecified atom stereocenters. The van der Waals surface area contributed by atoms with Crippen LogP contribution in [-0.4, -0.2) is 9.55 Å². The lowest BCUT2D eigenvalue weighted by Crippen LogP contribution is -2.12. The zero-order chi connectivity index (χ0) is 13.5. The van der Waals surface area contributed by atoms with E-state index in [4.69, 9.17) is 5.73 Å². The van der Waals surface area contributed by atoms with Gasteiger partial charge in [-0.3, -0.25) is 0 Å². The molecule has 0 radical (unpaired) electrons. The first-order valence-corrected chi connectivity index (χ1v) is 6.20. The number of hydrogen-bond donors (Lipinski definition) is 1. The van der Waals surface area contributed by atoms with Crippen molar-refractivity contribution in [1.82, 2.24) is 9.55 Å². The average Bonchev–Trinajstić information content (AvgIpc) is 2.51. The van der Waals surface area contributed by atoms with Crippen molar-refractivity contribution in [3.05, 3.63) is 23.5 Å². The maximum atomic E-state index is 13.5. The van der Waals surface area contributed by atoms with E-state index in [1.807, 2.05) is 10.6 Å². The number of benzene rings is 1. The highest BCUT2D eigenvalue weighted by Crippen LogP contribution is 2.25. The molecule has 0 bridgehead atoms. The molecule has 0 aliphatic carbocycles. The van der Waals surface area contributed by atoms with Crippen molar-refractivity contribution < 1.29 is 4.39 Å². The van der Waals surface area contributed by atoms with Crippen molar-refractivity contribution in [3.8, 4) is 0 Å². The molecule has 18 heavy (non-hydrogen) atoms. The van der Waals surface area contributed by atoms with E-state index in [2.05, 4.69) is 25.8 Å². The fourth-order valence-corrected chi connectivity index (χ4v) is 1.95. The minimum absolute atomic E-state index is 0.233. The second-order valence-corrected chi connectivity index (χ2v) is 6.02. The average molecular weight is 249 g/mol. The van der Waals surface area contributed by atoms with Crippen molar-refractivity contribution in [2.75, 3.05) is 5.73 Å². The van der Waals surface area contributed by atoms with Crippen LogP contribution < -0.4 is 5.73 Å². The number of nitrogens with zero attached hydrogens (tertiary/aromatic N) is 2. The quantitative estimate of drug-likeness (QED) is 0.885. The van der Waals surface area contributed by atoms with E-state index in [-0.39, 0.29) is 11.2 Å². The van der Waals surface area contributed by atoms with Gasteiger partial charge in [0, 0.05) is 12.6 Å². The summed E-state index contributed by atoms with van der Waals surface area (Å²) >= 11 is 0. The smallest absolute Gasteiger partial charge is 0.201 e. The Kier molecular flexibility index (Phi) is 3.05. The summed E-state index contributed by atoms with van der Waals surface area (Å²) in [4.78, 5) is 4.22. The number of aryl methyl sites for hydroxylation is 2. The molecule has 0 saturated carbocycles. The van der Waals surface area contributed by atoms with E-state index < -0.39 is 0 Å². The van der Waals surface area contributed by atoms with Crippen molar-refractivity contribution in [1.29, 1.82) is 0 Å². The molecule has 2 N–H and O–H groups in total. The van der Waals surface area contributed by atoms with Crippen molar-refractivity contribution >= 4 is 17.0 Å². The molecular formula is C14H20FN3. The molecular weight excluding hydrogens is 229 g/mol. The highest BCUT2D eigenvalue weighted by atomic mass is 19.1. The van der Waals surface area contributed by atoms with Crippen LogP contribution in [0, 0.1) is 18.2 Å². The lowest BCUT2D eigenvalue weighted by Gasteiger charge is -2.19. The number of halogens is 1. The van der Waals surface area contributed by atoms with Gasteiger partial charge in [0.05, 0.1) is 11.0 Å². The van der Waals surface area contributed by atoms with Crippen LogP contribution in [0.3, 0.4) is 0 Å². The molecule has 1 aromatic carbocycles. The Morgan fingerprint density at radius 3 is 2.61 bits per heavy atom. The van der Waals surface area contributed by atoms with Crippen LogP contribution in [-0.2, 0) is 6.54 Å². The molecule has 2 aromatic rings. The van der Waals surface area contributed by atoms with Gasteiger partial charge in [-0.15, -0.1) is 0 Å². The molecule has 0 spiro atoms. The molecule has 0 amide bonds. The Bertz CT molecular complexity index is 579. The number of aromatic nitrogens is 2. The number of anilines is 1. The first-order chi connectivity index (χ1) is 8.28. The number of nitrogens with two attached hydrogens (primary N) is 1. The Morgan fingerprint density at radius 2 is 2.00 bits per heavy atom. The highest BCUT2D eigenvalue weighted by molar-refractivity contribution is 5.79. The summed E-state index contributed by atoms with van der Waals surface area (Å²) in [6.07, 6.45) is 0.999. The maximum absolute atomic E-state index is 13.5. The largest absolute Gasteiger partial charge is 0.369 e. The highest BCUT2D eigenvalue weighted by Gasteiger charge is 2.14. The van der Waals surface area contributed by atoms with Crippen LogP contribution in [0.25, 0.3) is 11.0 Å². The van der Waals surface area contributed by atoms with Gasteiger partial charge in [-0.05, 0) is 30.4 Å². The van der Waals surface area contributed by atoms with Crippen LogP contribution in [0.15, 0.2) is 12.1 Å². The van der Waals surface area contributed by atoms with Crippen LogP contribution in [0.2, 0.25) is 0 Å². The molecule has 0 saturated heterocycles. The molecule has 0 atom stereocenters. The number of rotatable bonds is 2. The molecule has 2 rings (SSSR count). The minimum atomic E-state index is -0.233. The number of hydrogen-bond acceptors (Lipinski definition) is 2. The molecule has 4 heteroatoms. The predicted octanol–water partition coefficient (Wildman–Crippen LogP) is 3.50. The van der Waals surface area contributed by atoms with Crippen molar-refractivity contribution in [3.63, 3.8) is 0 Å². The number of nitrogen functional groups attached to an aromatic ring is 1. The molecule has 1 aromatic heterocycles. The lowest BCUT2D eigenvalue weighted by atomic mass is 9.92. The van der Waals surface area contributed by atoms with E-state index >= 15 is 0 Å². The second-order valence-electron chi connectivity index (χ2n) is 6.02. The summed E-state index contributed by atoms with van der Waals surface area (Å²) in [7, 11) is 0. The van der Waals surface area contributed by atoms with Gasteiger partial charge in [-0.25, -0.2) is 9.37 Å². The topological polar surface area (TPSA) is 43.8 Å². The Balaban J connectivity index is 2.44. The molecule has 1 heterocycles. The summed E-state index contributed by atoms with van der Waals surface area (Å²) < 4.78 is 15.4. The standard InChI is InChI=1S/C14H20FN3/c1-9-7-12-11(8-10(9)15)17-13(16)18(12)6-5-14(2,3)4/h7-8H,5-6H2,1-4H3,(H2,16,17). The third-order valence-corrected chi connectivity index (χ3v) is 3.14. The van der Waals surface area contributed by atoms with Crippen molar-refractivity contribution in [2.45, 2.75) is 40.7 Å². The van der Waals surface area contributed by atoms with Gasteiger partial charge in [0.15, 0.2) is 0 Å². The number of fused-ring (bicyclic) bond motifs is 1. The zero-order valence-corrected chi connectivity index (χ0v) is 11.4. The first-order valence-electron chi connectivity index (χ1n) is 6.20. The fraction of sp³-hybridized carbons (Fsp3) is 0.500. The van der Waals surface area contributed by atoms with Gasteiger partial charge in [0.1, 0.15) is 5.82 Å². The van der Waals surface area contributed by atoms with Crippen LogP contribution >= 0.6 is 0 Å². The molecule has 0 aliphatic heterocycles. The minimum Gasteiger partial charge on any atom is -0.369 e. The monoisotopic (exact) mass is 249 g/mol. The van der Waals surface area contributed by atoms with Crippen molar-refractivity contribution in [2.24, 2.45) is 5.41 Å². The summed E-state index contributed by atoms with van der Waals surface area (Å²) in [5.74, 6) is 0.224. The van der Waals surface area contributed by atoms with Crippen LogP contribution in [0.5, 0.6) is 0 Å². The second kappa shape index (κ2) is 4.26. The summed E-state index contributed by atoms with van der Waals surface area (Å²) in [6, 6.07) is 3.27. The van der Waals surface area contributed by atoms with E-state index in [1.54, 1.807) is 6.92 Å². The third-order valence-electron chi connectivity index (χ3n) is 3.14. The molecule has 0 aliphatic rings. The fourth-order valence-electron chi connectivity index (χ4n) is 1.95. The zero-order valence-electron chi connectivity index (χ0n) is 11.4. The predicted molar refractivity (Wildman–Crippen MR) is 72.9 cm³/mol. The normalized spacial score (nSPS) is 12.3. The van der Waals surface area contributed by atoms with E-state index in [0.29, 0.717) is 17.0 Å². The first kappa shape index (κ1) is 12.9. The summed E-state index contributed by atoms with van der Waals surface area (Å²) in [6.45, 7) is 9.12. The van der Waals surface area contributed by atoms with Gasteiger partial charge in [-0.2, -0.15) is 0 Å². The maximum Gasteiger partial charge on any atom is 0.201 e. The van der Waals surface area contributed by atoms with Gasteiger partial charge in [-0.1, -0.05) is 20.8 Å². The summed E-state index contributed by atoms with van der Waals surface area (Å²) in [5.41, 5.74) is 8.31. The Labute approximate surface area is 107 Å². The molecule has 3 nitrogen and oxygen atoms in total. The van der Waals surface area contributed by atoms with Gasteiger partial charge in [0.25, 0.3) is 0 Å². The van der Waals surface area contributed by atoms with E-state index in [9.17, 15) is 4.39 Å². The SMILES string of the molecule is Cc1cc2c(cc1F)nc(N)n2CCC(C)(C)C. The molecule has 98 valence electrons. The van der Waals surface area contributed by atoms with Gasteiger partial charge >= 0.3 is 0 Å². The van der Waals surface area contributed by atoms with E-state index in [1.165, 1.54) is 6.07 Å². The van der Waals surface area contributed by atoms with E-state index in [0.717, 1.165) is 18.5 Å². The Morgan fingerprint density at radius 1 is 1.33 bits per heavy atom. The van der Waals surface area contributed by atoms with Gasteiger partial charge < -0.3 is 10.3 Å².